The predicted octanol–water partition coefficient (Wildman–Crippen LogP) is 0.00360. The van der Waals surface area contributed by atoms with Crippen LogP contribution in [0.5, 0.6) is 0 Å². The molecule has 6 aliphatic rings. The molecule has 0 radical (unpaired) electrons. The van der Waals surface area contributed by atoms with E-state index in [0.29, 0.717) is 22.5 Å². The summed E-state index contributed by atoms with van der Waals surface area (Å²) in [7, 11) is 2.91. The van der Waals surface area contributed by atoms with Crippen molar-refractivity contribution in [1.82, 2.24) is 19.6 Å². The molecule has 47 heavy (non-hydrogen) atoms. The molecule has 13 nitrogen and oxygen atoms in total. The van der Waals surface area contributed by atoms with Gasteiger partial charge >= 0.3 is 0 Å². The fourth-order valence-corrected chi connectivity index (χ4v) is 10.7. The number of amides is 4. The number of hydrogen-bond donors (Lipinski definition) is 5. The van der Waals surface area contributed by atoms with Gasteiger partial charge in [-0.2, -0.15) is 0 Å². The van der Waals surface area contributed by atoms with Crippen molar-refractivity contribution in [2.24, 2.45) is 5.92 Å². The average Bonchev–Trinajstić information content (AvgIpc) is 3.73. The zero-order chi connectivity index (χ0) is 33.6. The molecule has 3 fully saturated rings. The third kappa shape index (κ3) is 2.93. The number of anilines is 2. The molecule has 14 heteroatoms. The normalized spacial score (nSPS) is 38.1. The number of aliphatic hydroxyl groups excluding tert-OH is 2. The van der Waals surface area contributed by atoms with Gasteiger partial charge in [0.15, 0.2) is 4.87 Å². The van der Waals surface area contributed by atoms with E-state index < -0.39 is 70.2 Å². The fourth-order valence-electron chi connectivity index (χ4n) is 9.63. The topological polar surface area (TPSA) is 166 Å². The quantitative estimate of drug-likeness (QED) is 0.302. The van der Waals surface area contributed by atoms with Gasteiger partial charge in [0.05, 0.1) is 17.4 Å². The number of carbonyl (C=O) groups excluding carboxylic acids is 4. The van der Waals surface area contributed by atoms with Crippen molar-refractivity contribution < 1.29 is 34.5 Å². The minimum absolute atomic E-state index is 0.0967. The summed E-state index contributed by atoms with van der Waals surface area (Å²) in [6.45, 7) is 3.07. The van der Waals surface area contributed by atoms with E-state index in [1.807, 2.05) is 38.1 Å². The van der Waals surface area contributed by atoms with Gasteiger partial charge in [0.1, 0.15) is 30.2 Å². The molecule has 6 aliphatic heterocycles. The van der Waals surface area contributed by atoms with Gasteiger partial charge in [-0.15, -0.1) is 11.8 Å². The summed E-state index contributed by atoms with van der Waals surface area (Å²) in [6, 6.07) is 13.1. The van der Waals surface area contributed by atoms with Gasteiger partial charge in [-0.05, 0) is 41.5 Å². The van der Waals surface area contributed by atoms with Crippen molar-refractivity contribution in [3.05, 3.63) is 71.4 Å². The Morgan fingerprint density at radius 1 is 0.915 bits per heavy atom. The number of aliphatic hydroxyl groups is 3. The molecule has 3 saturated heterocycles. The average molecular weight is 661 g/mol. The second kappa shape index (κ2) is 9.28. The maximum absolute atomic E-state index is 14.9. The molecule has 0 bridgehead atoms. The van der Waals surface area contributed by atoms with E-state index in [-0.39, 0.29) is 17.5 Å². The van der Waals surface area contributed by atoms with Gasteiger partial charge in [0, 0.05) is 25.5 Å². The highest BCUT2D eigenvalue weighted by Crippen LogP contribution is 2.69. The lowest BCUT2D eigenvalue weighted by Gasteiger charge is -2.52. The molecule has 246 valence electrons. The van der Waals surface area contributed by atoms with E-state index in [1.165, 1.54) is 28.6 Å². The lowest BCUT2D eigenvalue weighted by Crippen LogP contribution is -2.73. The van der Waals surface area contributed by atoms with Crippen molar-refractivity contribution in [2.45, 2.75) is 59.8 Å². The monoisotopic (exact) mass is 660 g/mol. The third-order valence-corrected chi connectivity index (χ3v) is 13.2. The Labute approximate surface area is 275 Å². The van der Waals surface area contributed by atoms with Crippen LogP contribution in [-0.4, -0.2) is 121 Å². The Balaban J connectivity index is 1.48. The molecule has 0 unspecified atom stereocenters. The first-order chi connectivity index (χ1) is 22.3. The molecule has 2 aromatic carbocycles. The Morgan fingerprint density at radius 2 is 1.51 bits per heavy atom. The van der Waals surface area contributed by atoms with Gasteiger partial charge in [0.2, 0.25) is 0 Å². The van der Waals surface area contributed by atoms with Crippen molar-refractivity contribution >= 4 is 46.8 Å². The van der Waals surface area contributed by atoms with Crippen LogP contribution in [0.25, 0.3) is 0 Å². The van der Waals surface area contributed by atoms with E-state index in [9.17, 15) is 34.5 Å². The van der Waals surface area contributed by atoms with Gasteiger partial charge in [0.25, 0.3) is 29.4 Å². The Hall–Kier alpha value is -4.11. The maximum Gasteiger partial charge on any atom is 0.279 e. The van der Waals surface area contributed by atoms with Crippen LogP contribution in [0, 0.1) is 5.92 Å². The molecule has 5 N–H and O–H groups in total. The summed E-state index contributed by atoms with van der Waals surface area (Å²) in [5, 5.41) is 42.4. The molecule has 0 spiro atoms. The number of piperazine rings is 2. The van der Waals surface area contributed by atoms with Gasteiger partial charge in [-0.3, -0.25) is 29.0 Å². The van der Waals surface area contributed by atoms with Gasteiger partial charge in [-0.1, -0.05) is 50.2 Å². The lowest BCUT2D eigenvalue weighted by molar-refractivity contribution is -0.209. The van der Waals surface area contributed by atoms with Crippen molar-refractivity contribution in [3.63, 3.8) is 0 Å². The number of para-hydroxylation sites is 2. The van der Waals surface area contributed by atoms with Gasteiger partial charge < -0.3 is 35.8 Å². The SMILES string of the molecule is CS[C@]1(C(C)C)C(=O)N2C(=C[C@]3([C@@]45c6ccccc6N[C@H]4N4C(=O)[C@H](CO)N(C)C(=O)[C@@]4(O)[C@H]5O)c4ccccc4N[C@H]23)C(=O)N1C. The molecule has 8 rings (SSSR count). The van der Waals surface area contributed by atoms with E-state index in [0.717, 1.165) is 9.80 Å². The smallest absolute Gasteiger partial charge is 0.279 e. The molecule has 2 aromatic rings. The minimum atomic E-state index is -2.76. The highest BCUT2D eigenvalue weighted by atomic mass is 32.2. The number of benzene rings is 2. The number of carbonyl (C=O) groups is 4. The Kier molecular flexibility index (Phi) is 5.97. The zero-order valence-corrected chi connectivity index (χ0v) is 27.3. The maximum atomic E-state index is 14.9. The summed E-state index contributed by atoms with van der Waals surface area (Å²) < 4.78 is 0. The van der Waals surface area contributed by atoms with Crippen LogP contribution in [0.2, 0.25) is 0 Å². The van der Waals surface area contributed by atoms with Crippen molar-refractivity contribution in [2.75, 3.05) is 37.6 Å². The number of nitrogens with one attached hydrogen (secondary N) is 2. The summed E-state index contributed by atoms with van der Waals surface area (Å²) >= 11 is 1.28. The summed E-state index contributed by atoms with van der Waals surface area (Å²) in [6.07, 6.45) is -0.728. The number of fused-ring (bicyclic) bond motifs is 11. The third-order valence-electron chi connectivity index (χ3n) is 11.6. The molecule has 0 saturated carbocycles. The van der Waals surface area contributed by atoms with E-state index in [2.05, 4.69) is 10.6 Å². The van der Waals surface area contributed by atoms with E-state index in [1.54, 1.807) is 43.6 Å². The molecule has 0 aromatic heterocycles. The fraction of sp³-hybridized carbons (Fsp3) is 0.455. The van der Waals surface area contributed by atoms with Crippen molar-refractivity contribution in [1.29, 1.82) is 0 Å². The standard InChI is InChI=1S/C33H36N6O7S/c1-16(2)33(47-5)29(45)38-21(23(41)37(33)4)14-30(17-10-6-8-12-19(17)34-26(30)38)31-18-11-7-9-13-20(18)35-27(31)39-24(42)22(15-40)36(3)28(44)32(39,46)25(31)43/h6-14,16,22,25-27,34-35,40,43,46H,15H2,1-5H3/t22-,25-,26+,27-,30-,31+,32-,33+/m0/s1. The molecular weight excluding hydrogens is 624 g/mol. The lowest BCUT2D eigenvalue weighted by atomic mass is 9.54. The Bertz CT molecular complexity index is 1840. The van der Waals surface area contributed by atoms with Crippen LogP contribution in [0.3, 0.4) is 0 Å². The predicted molar refractivity (Wildman–Crippen MR) is 171 cm³/mol. The first-order valence-electron chi connectivity index (χ1n) is 15.6. The molecule has 4 amide bonds. The van der Waals surface area contributed by atoms with Crippen LogP contribution >= 0.6 is 11.8 Å². The van der Waals surface area contributed by atoms with E-state index >= 15 is 0 Å². The summed E-state index contributed by atoms with van der Waals surface area (Å²) in [5.41, 5.74) is -3.62. The van der Waals surface area contributed by atoms with Crippen LogP contribution in [-0.2, 0) is 30.0 Å². The number of hydrogen-bond acceptors (Lipinski definition) is 10. The molecule has 8 atom stereocenters. The number of nitrogens with zero attached hydrogens (tertiary/aromatic N) is 4. The summed E-state index contributed by atoms with van der Waals surface area (Å²) in [5.74, 6) is -2.73. The highest BCUT2D eigenvalue weighted by Gasteiger charge is 2.85. The number of rotatable bonds is 4. The molecule has 0 aliphatic carbocycles. The second-order valence-electron chi connectivity index (χ2n) is 13.5. The molecular formula is C33H36N6O7S. The molecule has 6 heterocycles. The highest BCUT2D eigenvalue weighted by molar-refractivity contribution is 8.00. The zero-order valence-electron chi connectivity index (χ0n) is 26.5. The van der Waals surface area contributed by atoms with Crippen LogP contribution < -0.4 is 10.6 Å². The van der Waals surface area contributed by atoms with Crippen LogP contribution in [0.1, 0.15) is 25.0 Å². The first kappa shape index (κ1) is 30.2. The Morgan fingerprint density at radius 3 is 2.13 bits per heavy atom. The van der Waals surface area contributed by atoms with Crippen LogP contribution in [0.4, 0.5) is 11.4 Å². The van der Waals surface area contributed by atoms with E-state index in [4.69, 9.17) is 0 Å². The van der Waals surface area contributed by atoms with Gasteiger partial charge in [-0.25, -0.2) is 0 Å². The first-order valence-corrected chi connectivity index (χ1v) is 16.8. The van der Waals surface area contributed by atoms with Crippen LogP contribution in [0.15, 0.2) is 60.3 Å². The largest absolute Gasteiger partial charge is 0.394 e. The summed E-state index contributed by atoms with van der Waals surface area (Å²) in [4.78, 5) is 61.3. The second-order valence-corrected chi connectivity index (χ2v) is 14.5. The van der Waals surface area contributed by atoms with Crippen molar-refractivity contribution in [3.8, 4) is 0 Å². The number of likely N-dealkylation sites (N-methyl/N-ethyl adjacent to an activating group) is 2. The minimum Gasteiger partial charge on any atom is -0.394 e. The number of thioether (sulfide) groups is 1.